The molecule has 0 spiro atoms. The molecule has 1 saturated heterocycles. The van der Waals surface area contributed by atoms with Gasteiger partial charge in [0.15, 0.2) is 0 Å². The Morgan fingerprint density at radius 2 is 1.95 bits per heavy atom. The third-order valence-electron chi connectivity index (χ3n) is 3.88. The van der Waals surface area contributed by atoms with Crippen LogP contribution in [0.3, 0.4) is 0 Å². The van der Waals surface area contributed by atoms with Crippen LogP contribution in [0.5, 0.6) is 0 Å². The fourth-order valence-electron chi connectivity index (χ4n) is 2.70. The number of ether oxygens (including phenoxy) is 2. The first-order valence-corrected chi connectivity index (χ1v) is 8.23. The molecule has 0 atom stereocenters. The minimum absolute atomic E-state index is 0.0607. The molecule has 0 unspecified atom stereocenters. The van der Waals surface area contributed by atoms with Gasteiger partial charge in [0.05, 0.1) is 0 Å². The molecule has 1 fully saturated rings. The molecule has 1 N–H and O–H groups in total. The Kier molecular flexibility index (Phi) is 6.49. The molecule has 1 aliphatic heterocycles. The third-order valence-corrected chi connectivity index (χ3v) is 4.40. The van der Waals surface area contributed by atoms with Gasteiger partial charge in [-0.05, 0) is 50.4 Å². The van der Waals surface area contributed by atoms with Gasteiger partial charge in [-0.25, -0.2) is 0 Å². The highest BCUT2D eigenvalue weighted by Gasteiger charge is 2.33. The molecule has 20 heavy (non-hydrogen) atoms. The SMILES string of the molecule is CCOCCCNC1(c2ccc(Br)cc2)CCOCC1. The van der Waals surface area contributed by atoms with E-state index in [1.54, 1.807) is 0 Å². The van der Waals surface area contributed by atoms with E-state index in [9.17, 15) is 0 Å². The Morgan fingerprint density at radius 1 is 1.25 bits per heavy atom. The maximum Gasteiger partial charge on any atom is 0.0486 e. The second-order valence-electron chi connectivity index (χ2n) is 5.18. The minimum atomic E-state index is 0.0607. The Hall–Kier alpha value is -0.420. The predicted molar refractivity (Wildman–Crippen MR) is 85.0 cm³/mol. The lowest BCUT2D eigenvalue weighted by Crippen LogP contribution is -2.47. The molecule has 0 aromatic heterocycles. The molecular formula is C16H24BrNO2. The molecule has 1 aromatic rings. The van der Waals surface area contributed by atoms with Crippen molar-refractivity contribution >= 4 is 15.9 Å². The summed E-state index contributed by atoms with van der Waals surface area (Å²) in [5.41, 5.74) is 1.42. The van der Waals surface area contributed by atoms with E-state index in [2.05, 4.69) is 45.5 Å². The molecule has 4 heteroatoms. The highest BCUT2D eigenvalue weighted by molar-refractivity contribution is 9.10. The van der Waals surface area contributed by atoms with Gasteiger partial charge in [-0.1, -0.05) is 28.1 Å². The zero-order chi connectivity index (χ0) is 14.3. The summed E-state index contributed by atoms with van der Waals surface area (Å²) in [7, 11) is 0. The van der Waals surface area contributed by atoms with Crippen LogP contribution in [-0.4, -0.2) is 33.0 Å². The average molecular weight is 342 g/mol. The van der Waals surface area contributed by atoms with Crippen molar-refractivity contribution in [2.45, 2.75) is 31.7 Å². The van der Waals surface area contributed by atoms with Gasteiger partial charge in [-0.3, -0.25) is 0 Å². The van der Waals surface area contributed by atoms with Crippen molar-refractivity contribution in [2.24, 2.45) is 0 Å². The molecule has 112 valence electrons. The van der Waals surface area contributed by atoms with Gasteiger partial charge in [0.1, 0.15) is 0 Å². The van der Waals surface area contributed by atoms with Gasteiger partial charge in [0.25, 0.3) is 0 Å². The van der Waals surface area contributed by atoms with E-state index >= 15 is 0 Å². The highest BCUT2D eigenvalue weighted by atomic mass is 79.9. The van der Waals surface area contributed by atoms with E-state index in [4.69, 9.17) is 9.47 Å². The zero-order valence-corrected chi connectivity index (χ0v) is 13.7. The quantitative estimate of drug-likeness (QED) is 0.770. The first kappa shape index (κ1) is 16.0. The fourth-order valence-corrected chi connectivity index (χ4v) is 2.97. The van der Waals surface area contributed by atoms with Gasteiger partial charge in [-0.15, -0.1) is 0 Å². The predicted octanol–water partition coefficient (Wildman–Crippen LogP) is 3.47. The van der Waals surface area contributed by atoms with Crippen LogP contribution in [0.4, 0.5) is 0 Å². The summed E-state index contributed by atoms with van der Waals surface area (Å²) in [6.07, 6.45) is 3.11. The lowest BCUT2D eigenvalue weighted by molar-refractivity contribution is 0.0353. The molecule has 0 aliphatic carbocycles. The summed E-state index contributed by atoms with van der Waals surface area (Å²) in [5, 5.41) is 3.75. The monoisotopic (exact) mass is 341 g/mol. The Morgan fingerprint density at radius 3 is 2.60 bits per heavy atom. The first-order chi connectivity index (χ1) is 9.77. The number of benzene rings is 1. The normalized spacial score (nSPS) is 18.1. The van der Waals surface area contributed by atoms with Crippen molar-refractivity contribution in [3.05, 3.63) is 34.3 Å². The number of hydrogen-bond acceptors (Lipinski definition) is 3. The van der Waals surface area contributed by atoms with E-state index in [-0.39, 0.29) is 5.54 Å². The van der Waals surface area contributed by atoms with Crippen molar-refractivity contribution in [1.29, 1.82) is 0 Å². The van der Waals surface area contributed by atoms with E-state index in [1.807, 2.05) is 6.92 Å². The summed E-state index contributed by atoms with van der Waals surface area (Å²) in [5.74, 6) is 0. The van der Waals surface area contributed by atoms with Crippen LogP contribution in [0, 0.1) is 0 Å². The molecule has 0 radical (unpaired) electrons. The van der Waals surface area contributed by atoms with Crippen LogP contribution in [0.2, 0.25) is 0 Å². The number of hydrogen-bond donors (Lipinski definition) is 1. The van der Waals surface area contributed by atoms with Crippen LogP contribution < -0.4 is 5.32 Å². The molecule has 2 rings (SSSR count). The fraction of sp³-hybridized carbons (Fsp3) is 0.625. The van der Waals surface area contributed by atoms with Gasteiger partial charge < -0.3 is 14.8 Å². The highest BCUT2D eigenvalue weighted by Crippen LogP contribution is 2.32. The van der Waals surface area contributed by atoms with Crippen molar-refractivity contribution < 1.29 is 9.47 Å². The van der Waals surface area contributed by atoms with Crippen LogP contribution in [0.25, 0.3) is 0 Å². The summed E-state index contributed by atoms with van der Waals surface area (Å²) >= 11 is 3.51. The van der Waals surface area contributed by atoms with Gasteiger partial charge in [0, 0.05) is 36.4 Å². The van der Waals surface area contributed by atoms with Crippen LogP contribution >= 0.6 is 15.9 Å². The second kappa shape index (κ2) is 8.13. The van der Waals surface area contributed by atoms with E-state index in [1.165, 1.54) is 5.56 Å². The summed E-state index contributed by atoms with van der Waals surface area (Å²) < 4.78 is 12.1. The van der Waals surface area contributed by atoms with Crippen LogP contribution in [0.15, 0.2) is 28.7 Å². The summed E-state index contributed by atoms with van der Waals surface area (Å²) in [6, 6.07) is 8.67. The minimum Gasteiger partial charge on any atom is -0.382 e. The summed E-state index contributed by atoms with van der Waals surface area (Å²) in [4.78, 5) is 0. The molecule has 3 nitrogen and oxygen atoms in total. The molecule has 1 heterocycles. The standard InChI is InChI=1S/C16H24BrNO2/c1-2-19-11-3-10-18-16(8-12-20-13-9-16)14-4-6-15(17)7-5-14/h4-7,18H,2-3,8-13H2,1H3. The topological polar surface area (TPSA) is 30.5 Å². The van der Waals surface area contributed by atoms with Gasteiger partial charge >= 0.3 is 0 Å². The average Bonchev–Trinajstić information content (AvgIpc) is 2.49. The number of nitrogens with one attached hydrogen (secondary N) is 1. The largest absolute Gasteiger partial charge is 0.382 e. The van der Waals surface area contributed by atoms with E-state index in [0.29, 0.717) is 0 Å². The van der Waals surface area contributed by atoms with Crippen molar-refractivity contribution in [1.82, 2.24) is 5.32 Å². The first-order valence-electron chi connectivity index (χ1n) is 7.43. The Bertz CT molecular complexity index is 388. The Balaban J connectivity index is 1.99. The lowest BCUT2D eigenvalue weighted by Gasteiger charge is -2.39. The van der Waals surface area contributed by atoms with Crippen LogP contribution in [-0.2, 0) is 15.0 Å². The third kappa shape index (κ3) is 4.29. The van der Waals surface area contributed by atoms with Crippen molar-refractivity contribution in [3.63, 3.8) is 0 Å². The van der Waals surface area contributed by atoms with Crippen molar-refractivity contribution in [3.8, 4) is 0 Å². The molecule has 1 aromatic carbocycles. The summed E-state index contributed by atoms with van der Waals surface area (Å²) in [6.45, 7) is 6.30. The maximum absolute atomic E-state index is 5.54. The zero-order valence-electron chi connectivity index (χ0n) is 12.2. The van der Waals surface area contributed by atoms with Gasteiger partial charge in [-0.2, -0.15) is 0 Å². The number of halogens is 1. The second-order valence-corrected chi connectivity index (χ2v) is 6.09. The number of rotatable bonds is 7. The van der Waals surface area contributed by atoms with E-state index < -0.39 is 0 Å². The van der Waals surface area contributed by atoms with Crippen molar-refractivity contribution in [2.75, 3.05) is 33.0 Å². The molecular weight excluding hydrogens is 318 g/mol. The maximum atomic E-state index is 5.54. The molecule has 1 aliphatic rings. The van der Waals surface area contributed by atoms with Crippen LogP contribution in [0.1, 0.15) is 31.7 Å². The molecule has 0 bridgehead atoms. The smallest absolute Gasteiger partial charge is 0.0486 e. The molecule has 0 saturated carbocycles. The lowest BCUT2D eigenvalue weighted by atomic mass is 9.82. The molecule has 0 amide bonds. The van der Waals surface area contributed by atoms with E-state index in [0.717, 1.165) is 56.7 Å². The van der Waals surface area contributed by atoms with Gasteiger partial charge in [0.2, 0.25) is 0 Å². The Labute approximate surface area is 130 Å².